The molecule has 102 valence electrons. The number of phenols is 1. The first-order valence-corrected chi connectivity index (χ1v) is 6.99. The van der Waals surface area contributed by atoms with Gasteiger partial charge in [-0.15, -0.1) is 0 Å². The molecule has 1 aliphatic rings. The minimum absolute atomic E-state index is 0.0198. The molecule has 1 saturated heterocycles. The summed E-state index contributed by atoms with van der Waals surface area (Å²) >= 11 is 1.77. The van der Waals surface area contributed by atoms with Crippen LogP contribution in [0.5, 0.6) is 5.75 Å². The number of hydrogen-bond acceptors (Lipinski definition) is 5. The van der Waals surface area contributed by atoms with Crippen LogP contribution in [-0.4, -0.2) is 45.4 Å². The molecule has 1 N–H and O–H groups in total. The maximum atomic E-state index is 12.3. The lowest BCUT2D eigenvalue weighted by Crippen LogP contribution is -2.37. The van der Waals surface area contributed by atoms with E-state index in [0.717, 1.165) is 17.9 Å². The Bertz CT molecular complexity index is 514. The predicted molar refractivity (Wildman–Crippen MR) is 72.6 cm³/mol. The van der Waals surface area contributed by atoms with Crippen molar-refractivity contribution in [1.82, 2.24) is 4.90 Å². The lowest BCUT2D eigenvalue weighted by atomic mass is 10.1. The van der Waals surface area contributed by atoms with Gasteiger partial charge in [-0.1, -0.05) is 6.07 Å². The molecule has 1 atom stereocenters. The number of carbonyl (C=O) groups is 1. The number of carbonyl (C=O) groups excluding carboxylic acids is 1. The number of phenolic OH excluding ortho intramolecular Hbond substituents is 1. The Kier molecular flexibility index (Phi) is 3.94. The summed E-state index contributed by atoms with van der Waals surface area (Å²) in [5.41, 5.74) is -0.464. The van der Waals surface area contributed by atoms with Crippen molar-refractivity contribution in [3.63, 3.8) is 0 Å². The van der Waals surface area contributed by atoms with Gasteiger partial charge in [0.25, 0.3) is 5.91 Å². The zero-order valence-corrected chi connectivity index (χ0v) is 11.2. The van der Waals surface area contributed by atoms with Crippen molar-refractivity contribution < 1.29 is 14.8 Å². The molecule has 0 aliphatic carbocycles. The summed E-state index contributed by atoms with van der Waals surface area (Å²) in [4.78, 5) is 23.9. The second-order valence-corrected chi connectivity index (χ2v) is 5.51. The topological polar surface area (TPSA) is 83.7 Å². The van der Waals surface area contributed by atoms with Crippen molar-refractivity contribution in [2.24, 2.45) is 0 Å². The van der Waals surface area contributed by atoms with Gasteiger partial charge in [0.15, 0.2) is 0 Å². The third kappa shape index (κ3) is 2.65. The SMILES string of the molecule is CN(C(=O)c1cccc([N+](=O)[O-])c1O)C1CCSC1. The van der Waals surface area contributed by atoms with Gasteiger partial charge in [0.05, 0.1) is 10.5 Å². The maximum absolute atomic E-state index is 12.3. The van der Waals surface area contributed by atoms with Crippen LogP contribution < -0.4 is 0 Å². The van der Waals surface area contributed by atoms with Crippen LogP contribution in [0.15, 0.2) is 18.2 Å². The fourth-order valence-electron chi connectivity index (χ4n) is 2.03. The summed E-state index contributed by atoms with van der Waals surface area (Å²) in [6.07, 6.45) is 0.905. The first kappa shape index (κ1) is 13.7. The molecule has 1 aromatic rings. The van der Waals surface area contributed by atoms with Gasteiger partial charge in [-0.3, -0.25) is 14.9 Å². The zero-order valence-electron chi connectivity index (χ0n) is 10.4. The number of benzene rings is 1. The van der Waals surface area contributed by atoms with Gasteiger partial charge >= 0.3 is 5.69 Å². The lowest BCUT2D eigenvalue weighted by molar-refractivity contribution is -0.385. The summed E-state index contributed by atoms with van der Waals surface area (Å²) in [5, 5.41) is 20.6. The van der Waals surface area contributed by atoms with Crippen LogP contribution in [0.2, 0.25) is 0 Å². The number of nitrogens with zero attached hydrogens (tertiary/aromatic N) is 2. The first-order valence-electron chi connectivity index (χ1n) is 5.83. The molecular formula is C12H14N2O4S. The first-order chi connectivity index (χ1) is 9.02. The lowest BCUT2D eigenvalue weighted by Gasteiger charge is -2.24. The average Bonchev–Trinajstić information content (AvgIpc) is 2.90. The molecular weight excluding hydrogens is 268 g/mol. The van der Waals surface area contributed by atoms with Crippen LogP contribution in [0.4, 0.5) is 5.69 Å². The molecule has 1 heterocycles. The van der Waals surface area contributed by atoms with Crippen LogP contribution in [-0.2, 0) is 0 Å². The largest absolute Gasteiger partial charge is 0.502 e. The molecule has 6 nitrogen and oxygen atoms in total. The highest BCUT2D eigenvalue weighted by molar-refractivity contribution is 7.99. The fraction of sp³-hybridized carbons (Fsp3) is 0.417. The quantitative estimate of drug-likeness (QED) is 0.676. The number of nitro groups is 1. The third-order valence-corrected chi connectivity index (χ3v) is 4.36. The van der Waals surface area contributed by atoms with Crippen LogP contribution in [0.3, 0.4) is 0 Å². The second kappa shape index (κ2) is 5.48. The Morgan fingerprint density at radius 3 is 2.89 bits per heavy atom. The van der Waals surface area contributed by atoms with E-state index in [1.54, 1.807) is 23.7 Å². The fourth-order valence-corrected chi connectivity index (χ4v) is 3.30. The summed E-state index contributed by atoms with van der Waals surface area (Å²) in [5.74, 6) is 0.921. The third-order valence-electron chi connectivity index (χ3n) is 3.22. The molecule has 1 unspecified atom stereocenters. The molecule has 0 bridgehead atoms. The number of nitro benzene ring substituents is 1. The van der Waals surface area contributed by atoms with E-state index in [4.69, 9.17) is 0 Å². The molecule has 2 rings (SSSR count). The normalized spacial score (nSPS) is 18.3. The van der Waals surface area contributed by atoms with E-state index < -0.39 is 16.4 Å². The molecule has 0 aromatic heterocycles. The van der Waals surface area contributed by atoms with Crippen LogP contribution in [0.1, 0.15) is 16.8 Å². The van der Waals surface area contributed by atoms with Gasteiger partial charge in [0, 0.05) is 24.9 Å². The molecule has 1 aliphatic heterocycles. The van der Waals surface area contributed by atoms with E-state index in [1.165, 1.54) is 18.2 Å². The number of aromatic hydroxyl groups is 1. The van der Waals surface area contributed by atoms with Gasteiger partial charge < -0.3 is 10.0 Å². The van der Waals surface area contributed by atoms with Gasteiger partial charge in [0.1, 0.15) is 0 Å². The van der Waals surface area contributed by atoms with E-state index in [9.17, 15) is 20.0 Å². The molecule has 0 saturated carbocycles. The van der Waals surface area contributed by atoms with Gasteiger partial charge in [0.2, 0.25) is 5.75 Å². The summed E-state index contributed by atoms with van der Waals surface area (Å²) in [7, 11) is 1.66. The number of rotatable bonds is 3. The van der Waals surface area contributed by atoms with Gasteiger partial charge in [-0.25, -0.2) is 0 Å². The summed E-state index contributed by atoms with van der Waals surface area (Å²) in [6.45, 7) is 0. The Balaban J connectivity index is 2.28. The number of para-hydroxylation sites is 1. The van der Waals surface area contributed by atoms with E-state index in [1.807, 2.05) is 0 Å². The van der Waals surface area contributed by atoms with Gasteiger partial charge in [-0.05, 0) is 18.2 Å². The van der Waals surface area contributed by atoms with Crippen molar-refractivity contribution in [2.45, 2.75) is 12.5 Å². The Morgan fingerprint density at radius 2 is 2.32 bits per heavy atom. The van der Waals surface area contributed by atoms with Crippen molar-refractivity contribution in [3.8, 4) is 5.75 Å². The van der Waals surface area contributed by atoms with E-state index in [2.05, 4.69) is 0 Å². The molecule has 7 heteroatoms. The highest BCUT2D eigenvalue weighted by atomic mass is 32.2. The summed E-state index contributed by atoms with van der Waals surface area (Å²) < 4.78 is 0. The highest BCUT2D eigenvalue weighted by Gasteiger charge is 2.28. The average molecular weight is 282 g/mol. The minimum atomic E-state index is -0.697. The molecule has 1 aromatic carbocycles. The molecule has 19 heavy (non-hydrogen) atoms. The van der Waals surface area contributed by atoms with Crippen molar-refractivity contribution in [3.05, 3.63) is 33.9 Å². The predicted octanol–water partition coefficient (Wildman–Crippen LogP) is 1.88. The minimum Gasteiger partial charge on any atom is -0.502 e. The Labute approximate surface area is 114 Å². The van der Waals surface area contributed by atoms with E-state index in [-0.39, 0.29) is 17.5 Å². The molecule has 1 amide bonds. The number of hydrogen-bond donors (Lipinski definition) is 1. The van der Waals surface area contributed by atoms with Crippen molar-refractivity contribution in [2.75, 3.05) is 18.6 Å². The monoisotopic (exact) mass is 282 g/mol. The van der Waals surface area contributed by atoms with E-state index >= 15 is 0 Å². The summed E-state index contributed by atoms with van der Waals surface area (Å²) in [6, 6.07) is 4.11. The Morgan fingerprint density at radius 1 is 1.58 bits per heavy atom. The van der Waals surface area contributed by atoms with E-state index in [0.29, 0.717) is 0 Å². The van der Waals surface area contributed by atoms with Crippen molar-refractivity contribution >= 4 is 23.4 Å². The smallest absolute Gasteiger partial charge is 0.311 e. The molecule has 0 spiro atoms. The highest BCUT2D eigenvalue weighted by Crippen LogP contribution is 2.31. The maximum Gasteiger partial charge on any atom is 0.311 e. The van der Waals surface area contributed by atoms with Crippen LogP contribution >= 0.6 is 11.8 Å². The Hall–Kier alpha value is -1.76. The molecule has 1 fully saturated rings. The number of thioether (sulfide) groups is 1. The zero-order chi connectivity index (χ0) is 14.0. The van der Waals surface area contributed by atoms with Crippen molar-refractivity contribution in [1.29, 1.82) is 0 Å². The van der Waals surface area contributed by atoms with Crippen LogP contribution in [0.25, 0.3) is 0 Å². The van der Waals surface area contributed by atoms with Gasteiger partial charge in [-0.2, -0.15) is 11.8 Å². The van der Waals surface area contributed by atoms with Crippen LogP contribution in [0, 0.1) is 10.1 Å². The second-order valence-electron chi connectivity index (χ2n) is 4.36. The molecule has 0 radical (unpaired) electrons. The standard InChI is InChI=1S/C12H14N2O4S/c1-13(8-5-6-19-7-8)12(16)9-3-2-4-10(11(9)15)14(17)18/h2-4,8,15H,5-7H2,1H3. The number of amides is 1.